The third-order valence-electron chi connectivity index (χ3n) is 6.27. The van der Waals surface area contributed by atoms with Gasteiger partial charge < -0.3 is 19.7 Å². The van der Waals surface area contributed by atoms with Crippen LogP contribution in [0.2, 0.25) is 5.02 Å². The van der Waals surface area contributed by atoms with Crippen LogP contribution in [-0.2, 0) is 7.05 Å². The lowest BCUT2D eigenvalue weighted by Gasteiger charge is -2.20. The lowest BCUT2D eigenvalue weighted by molar-refractivity contribution is 0.0839. The van der Waals surface area contributed by atoms with Crippen molar-refractivity contribution in [1.82, 2.24) is 19.3 Å². The van der Waals surface area contributed by atoms with Gasteiger partial charge in [-0.1, -0.05) is 17.7 Å². The first-order chi connectivity index (χ1) is 16.6. The quantitative estimate of drug-likeness (QED) is 0.447. The average Bonchev–Trinajstić information content (AvgIpc) is 3.36. The minimum atomic E-state index is -0.817. The Bertz CT molecular complexity index is 1500. The number of rotatable bonds is 4. The zero-order valence-electron chi connectivity index (χ0n) is 19.1. The number of imidazole rings is 1. The van der Waals surface area contributed by atoms with Crippen LogP contribution in [-0.4, -0.2) is 48.2 Å². The van der Waals surface area contributed by atoms with E-state index in [0.29, 0.717) is 42.1 Å². The predicted molar refractivity (Wildman–Crippen MR) is 132 cm³/mol. The lowest BCUT2D eigenvalue weighted by atomic mass is 9.97. The van der Waals surface area contributed by atoms with Crippen LogP contribution < -0.4 is 10.6 Å². The van der Waals surface area contributed by atoms with Crippen molar-refractivity contribution in [3.63, 3.8) is 0 Å². The summed E-state index contributed by atoms with van der Waals surface area (Å²) in [5.41, 5.74) is 0.870. The van der Waals surface area contributed by atoms with Crippen molar-refractivity contribution in [3.05, 3.63) is 76.3 Å². The van der Waals surface area contributed by atoms with Crippen molar-refractivity contribution in [2.24, 2.45) is 7.05 Å². The molecule has 1 atom stereocenters. The molecule has 4 aromatic rings. The summed E-state index contributed by atoms with van der Waals surface area (Å²) < 4.78 is 17.5. The Balaban J connectivity index is 1.54. The van der Waals surface area contributed by atoms with Crippen LogP contribution in [0.4, 0.5) is 10.2 Å². The van der Waals surface area contributed by atoms with Crippen molar-refractivity contribution in [1.29, 1.82) is 0 Å². The van der Waals surface area contributed by atoms with Crippen LogP contribution in [0, 0.1) is 5.82 Å². The normalized spacial score (nSPS) is 17.8. The van der Waals surface area contributed by atoms with E-state index >= 15 is 0 Å². The van der Waals surface area contributed by atoms with E-state index in [1.807, 2.05) is 4.90 Å². The molecule has 0 spiro atoms. The minimum Gasteiger partial charge on any atom is -0.507 e. The first-order valence-electron chi connectivity index (χ1n) is 11.0. The van der Waals surface area contributed by atoms with E-state index in [2.05, 4.69) is 10.2 Å². The maximum Gasteiger partial charge on any atom is 0.332 e. The van der Waals surface area contributed by atoms with Gasteiger partial charge in [-0.05, 0) is 49.2 Å². The molecule has 8 nitrogen and oxygen atoms in total. The van der Waals surface area contributed by atoms with E-state index in [4.69, 9.17) is 11.6 Å². The van der Waals surface area contributed by atoms with Gasteiger partial charge in [0.1, 0.15) is 11.6 Å². The number of halogens is 2. The van der Waals surface area contributed by atoms with Crippen molar-refractivity contribution in [2.75, 3.05) is 18.0 Å². The molecule has 35 heavy (non-hydrogen) atoms. The Labute approximate surface area is 205 Å². The number of hydrogen-bond donors (Lipinski definition) is 2. The molecule has 0 aliphatic carbocycles. The van der Waals surface area contributed by atoms with Crippen LogP contribution in [0.3, 0.4) is 0 Å². The predicted octanol–water partition coefficient (Wildman–Crippen LogP) is 3.76. The molecule has 0 unspecified atom stereocenters. The summed E-state index contributed by atoms with van der Waals surface area (Å²) in [6, 6.07) is 9.07. The Hall–Kier alpha value is -3.69. The molecule has 0 saturated carbocycles. The molecule has 0 amide bonds. The van der Waals surface area contributed by atoms with E-state index in [-0.39, 0.29) is 27.6 Å². The Kier molecular flexibility index (Phi) is 5.61. The second kappa shape index (κ2) is 8.51. The van der Waals surface area contributed by atoms with Gasteiger partial charge in [0.05, 0.1) is 22.5 Å². The number of aromatic nitrogens is 4. The molecule has 3 heterocycles. The van der Waals surface area contributed by atoms with Gasteiger partial charge in [-0.25, -0.2) is 9.18 Å². The number of nitrogens with zero attached hydrogens (tertiary/aromatic N) is 5. The van der Waals surface area contributed by atoms with E-state index in [0.717, 1.165) is 0 Å². The van der Waals surface area contributed by atoms with Crippen molar-refractivity contribution in [2.45, 2.75) is 18.9 Å². The Morgan fingerprint density at radius 1 is 1.11 bits per heavy atom. The summed E-state index contributed by atoms with van der Waals surface area (Å²) >= 11 is 6.47. The molecular formula is C25H23ClFN5O3. The summed E-state index contributed by atoms with van der Waals surface area (Å²) in [6.45, 7) is 2.78. The third kappa shape index (κ3) is 4.28. The monoisotopic (exact) mass is 495 g/mol. The fraction of sp³-hybridized carbons (Fsp3) is 0.240. The van der Waals surface area contributed by atoms with Gasteiger partial charge in [0.25, 0.3) is 0 Å². The number of benzene rings is 2. The molecule has 1 aliphatic heterocycles. The highest BCUT2D eigenvalue weighted by Gasteiger charge is 2.32. The maximum atomic E-state index is 14.7. The fourth-order valence-electron chi connectivity index (χ4n) is 4.35. The number of anilines is 1. The number of aryl methyl sites for hydroxylation is 1. The fourth-order valence-corrected chi connectivity index (χ4v) is 4.63. The highest BCUT2D eigenvalue weighted by Crippen LogP contribution is 2.41. The van der Waals surface area contributed by atoms with Crippen molar-refractivity contribution < 1.29 is 14.6 Å². The summed E-state index contributed by atoms with van der Waals surface area (Å²) in [5, 5.41) is 29.8. The molecule has 2 N–H and O–H groups in total. The van der Waals surface area contributed by atoms with Crippen molar-refractivity contribution >= 4 is 17.4 Å². The van der Waals surface area contributed by atoms with Crippen molar-refractivity contribution in [3.8, 4) is 33.7 Å². The molecule has 10 heteroatoms. The lowest BCUT2D eigenvalue weighted by Crippen LogP contribution is -2.30. The Morgan fingerprint density at radius 2 is 1.86 bits per heavy atom. The molecule has 5 rings (SSSR count). The van der Waals surface area contributed by atoms with Gasteiger partial charge in [0.2, 0.25) is 0 Å². The largest absolute Gasteiger partial charge is 0.507 e. The molecule has 180 valence electrons. The van der Waals surface area contributed by atoms with Gasteiger partial charge >= 0.3 is 5.69 Å². The molecule has 1 saturated heterocycles. The van der Waals surface area contributed by atoms with Crippen LogP contribution in [0.25, 0.3) is 27.9 Å². The van der Waals surface area contributed by atoms with Gasteiger partial charge in [-0.3, -0.25) is 4.57 Å². The number of β-amino-alcohol motifs (C(OH)–C–C–N with tert-alkyl or cyclic N) is 1. The van der Waals surface area contributed by atoms with Crippen LogP contribution >= 0.6 is 11.6 Å². The van der Waals surface area contributed by atoms with Gasteiger partial charge in [0.15, 0.2) is 5.82 Å². The standard InChI is InChI=1S/C25H23ClFN5O3/c1-25(35)5-6-31(14-25)22-10-16(13-28-29-22)19-12-17(27)11-18(23(19)33)15-3-4-21(20(26)9-15)32-8-7-30(2)24(32)34/h3-4,7-13,33,35H,5-6,14H2,1-2H3/t25-/m1/s1. The zero-order valence-corrected chi connectivity index (χ0v) is 19.9. The number of aliphatic hydroxyl groups is 1. The summed E-state index contributed by atoms with van der Waals surface area (Å²) in [5.74, 6) is -0.152. The highest BCUT2D eigenvalue weighted by atomic mass is 35.5. The number of phenols is 1. The molecule has 1 aliphatic rings. The molecule has 2 aromatic heterocycles. The summed E-state index contributed by atoms with van der Waals surface area (Å²) in [6.07, 6.45) is 5.28. The molecule has 0 radical (unpaired) electrons. The topological polar surface area (TPSA) is 96.4 Å². The van der Waals surface area contributed by atoms with Crippen LogP contribution in [0.5, 0.6) is 5.75 Å². The number of phenolic OH excluding ortho intramolecular Hbond substituents is 1. The van der Waals surface area contributed by atoms with Gasteiger partial charge in [-0.2, -0.15) is 5.10 Å². The van der Waals surface area contributed by atoms with Gasteiger partial charge in [0, 0.05) is 49.2 Å². The first-order valence-corrected chi connectivity index (χ1v) is 11.4. The van der Waals surface area contributed by atoms with E-state index in [1.165, 1.54) is 27.5 Å². The van der Waals surface area contributed by atoms with Crippen LogP contribution in [0.1, 0.15) is 13.3 Å². The van der Waals surface area contributed by atoms with E-state index in [1.54, 1.807) is 50.6 Å². The molecule has 2 aromatic carbocycles. The van der Waals surface area contributed by atoms with E-state index in [9.17, 15) is 19.4 Å². The molecule has 0 bridgehead atoms. The zero-order chi connectivity index (χ0) is 24.9. The van der Waals surface area contributed by atoms with Crippen LogP contribution in [0.15, 0.2) is 59.8 Å². The second-order valence-electron chi connectivity index (χ2n) is 9.05. The minimum absolute atomic E-state index is 0.139. The maximum absolute atomic E-state index is 14.7. The van der Waals surface area contributed by atoms with E-state index < -0.39 is 11.4 Å². The smallest absolute Gasteiger partial charge is 0.332 e. The molecular weight excluding hydrogens is 473 g/mol. The SMILES string of the molecule is Cn1ccn(-c2ccc(-c3cc(F)cc(-c4cnnc(N5CC[C@@](C)(O)C5)c4)c3O)cc2Cl)c1=O. The average molecular weight is 496 g/mol. The summed E-state index contributed by atoms with van der Waals surface area (Å²) in [7, 11) is 1.64. The Morgan fingerprint density at radius 3 is 2.49 bits per heavy atom. The number of aromatic hydroxyl groups is 1. The summed E-state index contributed by atoms with van der Waals surface area (Å²) in [4.78, 5) is 14.2. The van der Waals surface area contributed by atoms with Gasteiger partial charge in [-0.15, -0.1) is 5.10 Å². The first kappa shape index (κ1) is 23.1. The highest BCUT2D eigenvalue weighted by molar-refractivity contribution is 6.32. The second-order valence-corrected chi connectivity index (χ2v) is 9.46. The molecule has 1 fully saturated rings. The third-order valence-corrected chi connectivity index (χ3v) is 6.57. The number of hydrogen-bond acceptors (Lipinski definition) is 6.